The van der Waals surface area contributed by atoms with Crippen molar-refractivity contribution in [2.75, 3.05) is 30.5 Å². The molecule has 1 fully saturated rings. The lowest BCUT2D eigenvalue weighted by molar-refractivity contribution is -0.126. The van der Waals surface area contributed by atoms with Crippen LogP contribution in [0.1, 0.15) is 12.0 Å². The zero-order valence-electron chi connectivity index (χ0n) is 19.7. The van der Waals surface area contributed by atoms with Crippen molar-refractivity contribution in [1.29, 1.82) is 0 Å². The van der Waals surface area contributed by atoms with E-state index < -0.39 is 5.92 Å². The zero-order valence-corrected chi connectivity index (χ0v) is 20.5. The van der Waals surface area contributed by atoms with Gasteiger partial charge >= 0.3 is 0 Å². The SMILES string of the molecule is COc1ccc(NC(=O)COc2ccc(N3C[C@H](C(=O)NCc4ccc(Cl)cc4)CC3=O)cc2)cc1. The number of benzene rings is 3. The summed E-state index contributed by atoms with van der Waals surface area (Å²) >= 11 is 5.89. The molecule has 1 aliphatic heterocycles. The summed E-state index contributed by atoms with van der Waals surface area (Å²) in [4.78, 5) is 38.9. The predicted octanol–water partition coefficient (Wildman–Crippen LogP) is 4.04. The van der Waals surface area contributed by atoms with Crippen LogP contribution < -0.4 is 25.0 Å². The molecule has 0 bridgehead atoms. The van der Waals surface area contributed by atoms with Crippen molar-refractivity contribution < 1.29 is 23.9 Å². The summed E-state index contributed by atoms with van der Waals surface area (Å²) in [5.41, 5.74) is 2.24. The van der Waals surface area contributed by atoms with Crippen LogP contribution in [0.4, 0.5) is 11.4 Å². The Labute approximate surface area is 214 Å². The van der Waals surface area contributed by atoms with E-state index in [2.05, 4.69) is 10.6 Å². The Morgan fingerprint density at radius 3 is 2.31 bits per heavy atom. The normalized spacial score (nSPS) is 14.9. The van der Waals surface area contributed by atoms with Crippen LogP contribution in [0.2, 0.25) is 5.02 Å². The summed E-state index contributed by atoms with van der Waals surface area (Å²) < 4.78 is 10.7. The molecule has 0 unspecified atom stereocenters. The number of carbonyl (C=O) groups is 3. The van der Waals surface area contributed by atoms with Crippen LogP contribution in [-0.4, -0.2) is 38.0 Å². The van der Waals surface area contributed by atoms with Gasteiger partial charge in [0.05, 0.1) is 13.0 Å². The van der Waals surface area contributed by atoms with Crippen molar-refractivity contribution in [3.63, 3.8) is 0 Å². The molecule has 4 rings (SSSR count). The Balaban J connectivity index is 1.25. The van der Waals surface area contributed by atoms with Gasteiger partial charge in [-0.2, -0.15) is 0 Å². The summed E-state index contributed by atoms with van der Waals surface area (Å²) in [6.07, 6.45) is 0.149. The lowest BCUT2D eigenvalue weighted by atomic mass is 10.1. The minimum absolute atomic E-state index is 0.116. The third kappa shape index (κ3) is 6.55. The summed E-state index contributed by atoms with van der Waals surface area (Å²) in [5.74, 6) is 0.185. The Kier molecular flexibility index (Phi) is 8.07. The molecule has 2 N–H and O–H groups in total. The second kappa shape index (κ2) is 11.6. The van der Waals surface area contributed by atoms with Gasteiger partial charge in [0.15, 0.2) is 6.61 Å². The molecule has 1 atom stereocenters. The first-order valence-corrected chi connectivity index (χ1v) is 11.8. The first-order valence-electron chi connectivity index (χ1n) is 11.4. The van der Waals surface area contributed by atoms with Crippen LogP contribution in [0.15, 0.2) is 72.8 Å². The van der Waals surface area contributed by atoms with Crippen LogP contribution in [-0.2, 0) is 20.9 Å². The van der Waals surface area contributed by atoms with Crippen LogP contribution in [0.3, 0.4) is 0 Å². The molecule has 186 valence electrons. The van der Waals surface area contributed by atoms with Gasteiger partial charge in [-0.15, -0.1) is 0 Å². The summed E-state index contributed by atoms with van der Waals surface area (Å²) in [6, 6.07) is 21.1. The Morgan fingerprint density at radius 2 is 1.64 bits per heavy atom. The molecule has 1 aliphatic rings. The molecule has 0 aromatic heterocycles. The molecular weight excluding hydrogens is 482 g/mol. The molecule has 0 aliphatic carbocycles. The van der Waals surface area contributed by atoms with Gasteiger partial charge < -0.3 is 25.0 Å². The van der Waals surface area contributed by atoms with Gasteiger partial charge in [0.2, 0.25) is 11.8 Å². The van der Waals surface area contributed by atoms with E-state index in [1.54, 1.807) is 72.7 Å². The molecule has 8 nitrogen and oxygen atoms in total. The molecule has 9 heteroatoms. The number of anilines is 2. The second-order valence-electron chi connectivity index (χ2n) is 8.31. The van der Waals surface area contributed by atoms with Gasteiger partial charge in [0.25, 0.3) is 5.91 Å². The highest BCUT2D eigenvalue weighted by atomic mass is 35.5. The number of ether oxygens (including phenoxy) is 2. The highest BCUT2D eigenvalue weighted by molar-refractivity contribution is 6.30. The van der Waals surface area contributed by atoms with E-state index in [1.807, 2.05) is 12.1 Å². The minimum atomic E-state index is -0.428. The van der Waals surface area contributed by atoms with Gasteiger partial charge in [-0.25, -0.2) is 0 Å². The van der Waals surface area contributed by atoms with Crippen molar-refractivity contribution in [2.24, 2.45) is 5.92 Å². The van der Waals surface area contributed by atoms with Crippen LogP contribution in [0, 0.1) is 5.92 Å². The number of methoxy groups -OCH3 is 1. The fraction of sp³-hybridized carbons (Fsp3) is 0.222. The molecule has 3 aromatic carbocycles. The molecule has 3 amide bonds. The van der Waals surface area contributed by atoms with Gasteiger partial charge in [0, 0.05) is 35.9 Å². The fourth-order valence-corrected chi connectivity index (χ4v) is 3.94. The predicted molar refractivity (Wildman–Crippen MR) is 137 cm³/mol. The number of rotatable bonds is 9. The molecule has 0 spiro atoms. The van der Waals surface area contributed by atoms with Gasteiger partial charge in [-0.05, 0) is 66.2 Å². The quantitative estimate of drug-likeness (QED) is 0.455. The number of hydrogen-bond acceptors (Lipinski definition) is 5. The summed E-state index contributed by atoms with van der Waals surface area (Å²) in [5, 5.41) is 6.27. The number of halogens is 1. The molecule has 1 saturated heterocycles. The zero-order chi connectivity index (χ0) is 25.5. The topological polar surface area (TPSA) is 97.0 Å². The third-order valence-electron chi connectivity index (χ3n) is 5.77. The van der Waals surface area contributed by atoms with E-state index >= 15 is 0 Å². The van der Waals surface area contributed by atoms with Crippen molar-refractivity contribution in [3.8, 4) is 11.5 Å². The van der Waals surface area contributed by atoms with E-state index in [4.69, 9.17) is 21.1 Å². The first-order chi connectivity index (χ1) is 17.4. The van der Waals surface area contributed by atoms with Crippen molar-refractivity contribution in [1.82, 2.24) is 5.32 Å². The Bertz CT molecular complexity index is 1210. The van der Waals surface area contributed by atoms with E-state index in [1.165, 1.54) is 0 Å². The van der Waals surface area contributed by atoms with Gasteiger partial charge in [-0.3, -0.25) is 14.4 Å². The van der Waals surface area contributed by atoms with Crippen LogP contribution >= 0.6 is 11.6 Å². The van der Waals surface area contributed by atoms with Crippen molar-refractivity contribution in [3.05, 3.63) is 83.4 Å². The highest BCUT2D eigenvalue weighted by Gasteiger charge is 2.35. The summed E-state index contributed by atoms with van der Waals surface area (Å²) in [6.45, 7) is 0.512. The summed E-state index contributed by atoms with van der Waals surface area (Å²) in [7, 11) is 1.58. The molecule has 3 aromatic rings. The molecule has 0 saturated carbocycles. The fourth-order valence-electron chi connectivity index (χ4n) is 3.81. The lowest BCUT2D eigenvalue weighted by Crippen LogP contribution is -2.32. The molecular formula is C27H26ClN3O5. The smallest absolute Gasteiger partial charge is 0.262 e. The monoisotopic (exact) mass is 507 g/mol. The standard InChI is InChI=1S/C27H26ClN3O5/c1-35-23-10-6-21(7-11-23)30-25(32)17-36-24-12-8-22(9-13-24)31-16-19(14-26(31)33)27(34)29-15-18-2-4-20(28)5-3-18/h2-13,19H,14-17H2,1H3,(H,29,34)(H,30,32)/t19-/m1/s1. The van der Waals surface area contributed by atoms with Crippen molar-refractivity contribution >= 4 is 40.7 Å². The number of nitrogens with zero attached hydrogens (tertiary/aromatic N) is 1. The van der Waals surface area contributed by atoms with E-state index in [0.717, 1.165) is 5.56 Å². The highest BCUT2D eigenvalue weighted by Crippen LogP contribution is 2.27. The van der Waals surface area contributed by atoms with E-state index in [9.17, 15) is 14.4 Å². The maximum absolute atomic E-state index is 12.6. The van der Waals surface area contributed by atoms with E-state index in [0.29, 0.717) is 41.0 Å². The largest absolute Gasteiger partial charge is 0.497 e. The van der Waals surface area contributed by atoms with Crippen molar-refractivity contribution in [2.45, 2.75) is 13.0 Å². The minimum Gasteiger partial charge on any atom is -0.497 e. The molecule has 36 heavy (non-hydrogen) atoms. The first kappa shape index (κ1) is 25.1. The second-order valence-corrected chi connectivity index (χ2v) is 8.75. The average Bonchev–Trinajstić information content (AvgIpc) is 3.29. The van der Waals surface area contributed by atoms with Crippen LogP contribution in [0.25, 0.3) is 0 Å². The number of nitrogens with one attached hydrogen (secondary N) is 2. The molecule has 1 heterocycles. The Morgan fingerprint density at radius 1 is 0.972 bits per heavy atom. The van der Waals surface area contributed by atoms with Gasteiger partial charge in [0.1, 0.15) is 11.5 Å². The average molecular weight is 508 g/mol. The number of carbonyl (C=O) groups excluding carboxylic acids is 3. The Hall–Kier alpha value is -4.04. The van der Waals surface area contributed by atoms with Gasteiger partial charge in [-0.1, -0.05) is 23.7 Å². The maximum atomic E-state index is 12.6. The maximum Gasteiger partial charge on any atom is 0.262 e. The molecule has 0 radical (unpaired) electrons. The van der Waals surface area contributed by atoms with Crippen LogP contribution in [0.5, 0.6) is 11.5 Å². The third-order valence-corrected chi connectivity index (χ3v) is 6.02. The number of hydrogen-bond donors (Lipinski definition) is 2. The lowest BCUT2D eigenvalue weighted by Gasteiger charge is -2.17. The van der Waals surface area contributed by atoms with E-state index in [-0.39, 0.29) is 30.7 Å². The number of amides is 3.